The number of amides is 1. The van der Waals surface area contributed by atoms with E-state index in [1.54, 1.807) is 0 Å². The first-order valence-electron chi connectivity index (χ1n) is 4.85. The molecule has 0 unspecified atom stereocenters. The average Bonchev–Trinajstić information content (AvgIpc) is 2.17. The Labute approximate surface area is 110 Å². The number of benzene rings is 1. The van der Waals surface area contributed by atoms with Crippen LogP contribution in [0.3, 0.4) is 0 Å². The smallest absolute Gasteiger partial charge is 0.224 e. The van der Waals surface area contributed by atoms with Gasteiger partial charge in [0.15, 0.2) is 0 Å². The molecule has 0 fully saturated rings. The number of hydrogen-bond donors (Lipinski definition) is 2. The number of nitrogens with one attached hydrogen (secondary N) is 1. The number of hydrogen-bond acceptors (Lipinski definition) is 2. The van der Waals surface area contributed by atoms with Crippen LogP contribution in [0, 0.1) is 0 Å². The van der Waals surface area contributed by atoms with E-state index < -0.39 is 0 Å². The van der Waals surface area contributed by atoms with Crippen LogP contribution in [0.5, 0.6) is 0 Å². The molecule has 0 heterocycles. The highest BCUT2D eigenvalue weighted by Crippen LogP contribution is 2.11. The van der Waals surface area contributed by atoms with Crippen LogP contribution in [0.25, 0.3) is 0 Å². The van der Waals surface area contributed by atoms with Crippen LogP contribution in [-0.4, -0.2) is 18.5 Å². The molecule has 1 aromatic carbocycles. The molecular formula is C11H16BrClN2O. The Bertz CT molecular complexity index is 347. The van der Waals surface area contributed by atoms with Gasteiger partial charge in [0, 0.05) is 17.1 Å². The maximum absolute atomic E-state index is 11.5. The topological polar surface area (TPSA) is 55.1 Å². The monoisotopic (exact) mass is 306 g/mol. The Morgan fingerprint density at radius 2 is 2.25 bits per heavy atom. The van der Waals surface area contributed by atoms with Gasteiger partial charge in [0.2, 0.25) is 5.91 Å². The zero-order chi connectivity index (χ0) is 11.3. The van der Waals surface area contributed by atoms with Crippen molar-refractivity contribution in [2.24, 2.45) is 5.73 Å². The molecule has 1 aromatic rings. The van der Waals surface area contributed by atoms with Gasteiger partial charge in [-0.2, -0.15) is 0 Å². The maximum atomic E-state index is 11.5. The fraction of sp³-hybridized carbons (Fsp3) is 0.364. The van der Waals surface area contributed by atoms with Gasteiger partial charge >= 0.3 is 0 Å². The normalized spacial score (nSPS) is 11.4. The molecule has 0 aliphatic rings. The van der Waals surface area contributed by atoms with Crippen LogP contribution < -0.4 is 11.1 Å². The van der Waals surface area contributed by atoms with Gasteiger partial charge in [-0.05, 0) is 24.6 Å². The lowest BCUT2D eigenvalue weighted by Crippen LogP contribution is -2.38. The van der Waals surface area contributed by atoms with Gasteiger partial charge < -0.3 is 11.1 Å². The minimum atomic E-state index is 0. The van der Waals surface area contributed by atoms with Crippen molar-refractivity contribution >= 4 is 34.2 Å². The van der Waals surface area contributed by atoms with E-state index in [0.29, 0.717) is 13.0 Å². The van der Waals surface area contributed by atoms with Crippen LogP contribution in [-0.2, 0) is 11.2 Å². The second-order valence-corrected chi connectivity index (χ2v) is 4.43. The van der Waals surface area contributed by atoms with Gasteiger partial charge in [-0.15, -0.1) is 12.4 Å². The predicted octanol–water partition coefficient (Wildman–Crippen LogP) is 1.88. The first-order valence-corrected chi connectivity index (χ1v) is 5.65. The molecule has 1 amide bonds. The van der Waals surface area contributed by atoms with Gasteiger partial charge in [-0.3, -0.25) is 4.79 Å². The molecule has 1 atom stereocenters. The zero-order valence-corrected chi connectivity index (χ0v) is 11.5. The lowest BCUT2D eigenvalue weighted by Gasteiger charge is -2.11. The first-order chi connectivity index (χ1) is 7.11. The molecule has 0 spiro atoms. The molecule has 0 saturated carbocycles. The maximum Gasteiger partial charge on any atom is 0.224 e. The van der Waals surface area contributed by atoms with E-state index in [1.807, 2.05) is 31.2 Å². The molecule has 0 aliphatic heterocycles. The molecule has 0 bridgehead atoms. The molecule has 3 N–H and O–H groups in total. The SMILES string of the molecule is C[C@H](CN)NC(=O)Cc1cccc(Br)c1.Cl. The van der Waals surface area contributed by atoms with E-state index in [2.05, 4.69) is 21.2 Å². The summed E-state index contributed by atoms with van der Waals surface area (Å²) in [5.74, 6) is 0.00560. The van der Waals surface area contributed by atoms with E-state index in [4.69, 9.17) is 5.73 Å². The molecule has 16 heavy (non-hydrogen) atoms. The Morgan fingerprint density at radius 3 is 2.81 bits per heavy atom. The van der Waals surface area contributed by atoms with Gasteiger partial charge in [0.25, 0.3) is 0 Å². The fourth-order valence-corrected chi connectivity index (χ4v) is 1.66. The lowest BCUT2D eigenvalue weighted by atomic mass is 10.1. The van der Waals surface area contributed by atoms with E-state index in [0.717, 1.165) is 10.0 Å². The van der Waals surface area contributed by atoms with Gasteiger partial charge in [0.1, 0.15) is 0 Å². The summed E-state index contributed by atoms with van der Waals surface area (Å²) in [6.07, 6.45) is 0.393. The van der Waals surface area contributed by atoms with Crippen LogP contribution in [0.2, 0.25) is 0 Å². The standard InChI is InChI=1S/C11H15BrN2O.ClH/c1-8(7-13)14-11(15)6-9-3-2-4-10(12)5-9;/h2-5,8H,6-7,13H2,1H3,(H,14,15);1H/t8-;/m1./s1. The quantitative estimate of drug-likeness (QED) is 0.892. The molecular weight excluding hydrogens is 291 g/mol. The number of carbonyl (C=O) groups excluding carboxylic acids is 1. The van der Waals surface area contributed by atoms with Crippen LogP contribution in [0.1, 0.15) is 12.5 Å². The van der Waals surface area contributed by atoms with Crippen LogP contribution in [0.4, 0.5) is 0 Å². The van der Waals surface area contributed by atoms with E-state index in [9.17, 15) is 4.79 Å². The average molecular weight is 308 g/mol. The molecule has 0 saturated heterocycles. The second-order valence-electron chi connectivity index (χ2n) is 3.51. The predicted molar refractivity (Wildman–Crippen MR) is 71.8 cm³/mol. The Kier molecular flexibility index (Phi) is 7.38. The van der Waals surface area contributed by atoms with Crippen LogP contribution >= 0.6 is 28.3 Å². The van der Waals surface area contributed by atoms with Crippen molar-refractivity contribution in [1.29, 1.82) is 0 Å². The molecule has 0 aromatic heterocycles. The molecule has 90 valence electrons. The van der Waals surface area contributed by atoms with Crippen molar-refractivity contribution in [3.63, 3.8) is 0 Å². The molecule has 0 aliphatic carbocycles. The van der Waals surface area contributed by atoms with Gasteiger partial charge in [-0.1, -0.05) is 28.1 Å². The van der Waals surface area contributed by atoms with Crippen LogP contribution in [0.15, 0.2) is 28.7 Å². The highest BCUT2D eigenvalue weighted by atomic mass is 79.9. The Balaban J connectivity index is 0.00000225. The number of rotatable bonds is 4. The summed E-state index contributed by atoms with van der Waals surface area (Å²) in [6.45, 7) is 2.35. The number of carbonyl (C=O) groups is 1. The summed E-state index contributed by atoms with van der Waals surface area (Å²) in [5, 5.41) is 2.82. The lowest BCUT2D eigenvalue weighted by molar-refractivity contribution is -0.120. The summed E-state index contributed by atoms with van der Waals surface area (Å²) < 4.78 is 0.986. The Hall–Kier alpha value is -0.580. The molecule has 0 radical (unpaired) electrons. The van der Waals surface area contributed by atoms with Gasteiger partial charge in [0.05, 0.1) is 6.42 Å². The highest BCUT2D eigenvalue weighted by molar-refractivity contribution is 9.10. The third-order valence-corrected chi connectivity index (χ3v) is 2.51. The van der Waals surface area contributed by atoms with Crippen molar-refractivity contribution in [3.05, 3.63) is 34.3 Å². The molecule has 3 nitrogen and oxygen atoms in total. The summed E-state index contributed by atoms with van der Waals surface area (Å²) in [4.78, 5) is 11.5. The highest BCUT2D eigenvalue weighted by Gasteiger charge is 2.06. The van der Waals surface area contributed by atoms with Crippen molar-refractivity contribution in [1.82, 2.24) is 5.32 Å². The van der Waals surface area contributed by atoms with Crippen molar-refractivity contribution in [2.45, 2.75) is 19.4 Å². The zero-order valence-electron chi connectivity index (χ0n) is 9.07. The summed E-state index contributed by atoms with van der Waals surface area (Å²) in [7, 11) is 0. The second kappa shape index (κ2) is 7.65. The molecule has 5 heteroatoms. The third-order valence-electron chi connectivity index (χ3n) is 2.01. The minimum Gasteiger partial charge on any atom is -0.352 e. The summed E-state index contributed by atoms with van der Waals surface area (Å²) >= 11 is 3.36. The van der Waals surface area contributed by atoms with E-state index in [1.165, 1.54) is 0 Å². The molecule has 1 rings (SSSR count). The number of nitrogens with two attached hydrogens (primary N) is 1. The first kappa shape index (κ1) is 15.4. The minimum absolute atomic E-state index is 0. The largest absolute Gasteiger partial charge is 0.352 e. The van der Waals surface area contributed by atoms with Crippen molar-refractivity contribution < 1.29 is 4.79 Å². The van der Waals surface area contributed by atoms with Crippen molar-refractivity contribution in [2.75, 3.05) is 6.54 Å². The van der Waals surface area contributed by atoms with Gasteiger partial charge in [-0.25, -0.2) is 0 Å². The summed E-state index contributed by atoms with van der Waals surface area (Å²) in [5.41, 5.74) is 6.41. The number of halogens is 2. The fourth-order valence-electron chi connectivity index (χ4n) is 1.22. The summed E-state index contributed by atoms with van der Waals surface area (Å²) in [6, 6.07) is 7.75. The van der Waals surface area contributed by atoms with Crippen molar-refractivity contribution in [3.8, 4) is 0 Å². The van der Waals surface area contributed by atoms with E-state index >= 15 is 0 Å². The third kappa shape index (κ3) is 5.49. The van der Waals surface area contributed by atoms with E-state index in [-0.39, 0.29) is 24.4 Å². The Morgan fingerprint density at radius 1 is 1.56 bits per heavy atom.